The zero-order valence-corrected chi connectivity index (χ0v) is 50.0. The number of hydrogen-bond acceptors (Lipinski definition) is 18. The van der Waals surface area contributed by atoms with Crippen molar-refractivity contribution in [3.63, 3.8) is 0 Å². The van der Waals surface area contributed by atoms with Crippen LogP contribution >= 0.6 is 0 Å². The maximum atomic E-state index is 17.5. The largest absolute Gasteiger partial charge is 0.492 e. The standard InChI is InChI=1S/C63H85F4N15O3/c1-32-12-13-38(14-18-70-32)50-54(65)45(76-61-73-34(3)23-47(68-6)78-61)28-40-26-42(84-58(40)50)30-71-48-24-35(4)74-62(79-48)77-46-29-41-27-43(85-59(41)52(55(46)66)39-10-8-17-69-33(2)22-39)31-72-49-25-36(5)75-63(80-49)81-57-53(64)44-16-21-83-60(44)51(56(57)67)37-11-9-19-82(7)20-15-37/h14-15,22,25,28-29,32-35,42-43,47-48,61-62,68-71,73-74,76-79H,8-13,16-21,23-24,26-27,30-31H2,1-7H3,(H2,72,75,80,81)/t32-,33?,34?,35?,42?,43?,47?,48?,61?,62?/m0/s1. The number of rotatable bonds is 16. The molecule has 18 nitrogen and oxygen atoms in total. The van der Waals surface area contributed by atoms with Gasteiger partial charge in [0.1, 0.15) is 53.5 Å². The number of fused-ring (bicyclic) bond motifs is 3. The minimum atomic E-state index is -0.727. The number of aryl methyl sites for hydroxylation is 1. The van der Waals surface area contributed by atoms with Gasteiger partial charge in [-0.1, -0.05) is 18.2 Å². The van der Waals surface area contributed by atoms with Gasteiger partial charge in [-0.25, -0.2) is 22.5 Å². The van der Waals surface area contributed by atoms with Crippen LogP contribution in [0.4, 0.5) is 46.4 Å². The molecular weight excluding hydrogens is 1090 g/mol. The highest BCUT2D eigenvalue weighted by Gasteiger charge is 2.37. The molecule has 12 rings (SSSR count). The maximum absolute atomic E-state index is 17.5. The zero-order chi connectivity index (χ0) is 59.0. The van der Waals surface area contributed by atoms with Gasteiger partial charge in [0, 0.05) is 91.5 Å². The minimum absolute atomic E-state index is 0.0262. The molecule has 85 heavy (non-hydrogen) atoms. The normalized spacial score (nSPS) is 27.8. The average molecular weight is 1180 g/mol. The van der Waals surface area contributed by atoms with Gasteiger partial charge in [0.15, 0.2) is 23.3 Å². The lowest BCUT2D eigenvalue weighted by Gasteiger charge is -2.38. The summed E-state index contributed by atoms with van der Waals surface area (Å²) in [6, 6.07) is 6.15. The molecule has 10 atom stereocenters. The van der Waals surface area contributed by atoms with Crippen molar-refractivity contribution in [2.45, 2.75) is 167 Å². The monoisotopic (exact) mass is 1180 g/mol. The summed E-state index contributed by atoms with van der Waals surface area (Å²) in [6.07, 6.45) is 12.3. The lowest BCUT2D eigenvalue weighted by Crippen LogP contribution is -2.65. The first-order valence-electron chi connectivity index (χ1n) is 30.9. The van der Waals surface area contributed by atoms with E-state index in [1.54, 1.807) is 13.0 Å². The number of halogens is 4. The number of nitrogens with zero attached hydrogens (tertiary/aromatic N) is 3. The number of ether oxygens (including phenoxy) is 3. The number of aromatic nitrogens is 2. The first-order valence-corrected chi connectivity index (χ1v) is 30.9. The van der Waals surface area contributed by atoms with Crippen LogP contribution in [0.5, 0.6) is 17.2 Å². The van der Waals surface area contributed by atoms with Crippen molar-refractivity contribution in [2.24, 2.45) is 0 Å². The van der Waals surface area contributed by atoms with Crippen LogP contribution in [0.3, 0.4) is 0 Å². The molecule has 9 heterocycles. The molecule has 12 N–H and O–H groups in total. The maximum Gasteiger partial charge on any atom is 0.229 e. The molecule has 3 aromatic carbocycles. The molecule has 0 bridgehead atoms. The topological polar surface area (TPSA) is 201 Å². The smallest absolute Gasteiger partial charge is 0.229 e. The first kappa shape index (κ1) is 59.3. The van der Waals surface area contributed by atoms with Crippen LogP contribution in [0.15, 0.2) is 36.4 Å². The van der Waals surface area contributed by atoms with Crippen molar-refractivity contribution < 1.29 is 31.8 Å². The Kier molecular flexibility index (Phi) is 17.9. The van der Waals surface area contributed by atoms with Crippen LogP contribution in [0.25, 0.3) is 16.7 Å². The fourth-order valence-electron chi connectivity index (χ4n) is 13.5. The van der Waals surface area contributed by atoms with Gasteiger partial charge in [-0.2, -0.15) is 4.98 Å². The predicted molar refractivity (Wildman–Crippen MR) is 327 cm³/mol. The summed E-state index contributed by atoms with van der Waals surface area (Å²) < 4.78 is 86.9. The molecule has 0 aliphatic carbocycles. The molecule has 458 valence electrons. The predicted octanol–water partition coefficient (Wildman–Crippen LogP) is 7.65. The second kappa shape index (κ2) is 25.7. The molecule has 2 fully saturated rings. The molecule has 8 aliphatic rings. The Hall–Kier alpha value is -6.08. The van der Waals surface area contributed by atoms with Gasteiger partial charge < -0.3 is 56.3 Å². The van der Waals surface area contributed by atoms with Crippen molar-refractivity contribution >= 4 is 45.5 Å². The highest BCUT2D eigenvalue weighted by molar-refractivity contribution is 5.80. The molecular formula is C63H85F4N15O3. The molecule has 9 unspecified atom stereocenters. The summed E-state index contributed by atoms with van der Waals surface area (Å²) in [6.45, 7) is 14.3. The fourth-order valence-corrected chi connectivity index (χ4v) is 13.5. The Morgan fingerprint density at radius 2 is 1.34 bits per heavy atom. The SMILES string of the molecule is CNC1CC(C)NC(Nc2cc3c(c(C4=CCN[C@@H](C)CC4)c2F)OC(CNC2CC(C)NC(Nc4cc5c(c(C6=CC(C)NCCC6)c4F)OC(CNc4cc(C)nc(Nc6c(F)c7c(c(C8=CCN(C)CCC8)c6F)OCC7)n4)C5)N2)C3)N1. The fraction of sp³-hybridized carbons (Fsp3) is 0.556. The van der Waals surface area contributed by atoms with Crippen molar-refractivity contribution in [1.82, 2.24) is 57.4 Å². The van der Waals surface area contributed by atoms with Crippen LogP contribution in [0, 0.1) is 30.2 Å². The van der Waals surface area contributed by atoms with Crippen LogP contribution in [0.2, 0.25) is 0 Å². The van der Waals surface area contributed by atoms with E-state index in [1.807, 2.05) is 32.3 Å². The molecule has 2 saturated heterocycles. The lowest BCUT2D eigenvalue weighted by atomic mass is 9.94. The van der Waals surface area contributed by atoms with E-state index in [4.69, 9.17) is 14.2 Å². The number of nitrogens with one attached hydrogen (secondary N) is 12. The first-order chi connectivity index (χ1) is 41.1. The van der Waals surface area contributed by atoms with Crippen LogP contribution in [0.1, 0.15) is 118 Å². The quantitative estimate of drug-likeness (QED) is 0.0488. The minimum Gasteiger partial charge on any atom is -0.492 e. The molecule has 8 aliphatic heterocycles. The highest BCUT2D eigenvalue weighted by Crippen LogP contribution is 2.47. The summed E-state index contributed by atoms with van der Waals surface area (Å²) in [5.74, 6) is -0.241. The molecule has 0 spiro atoms. The van der Waals surface area contributed by atoms with E-state index in [0.29, 0.717) is 121 Å². The van der Waals surface area contributed by atoms with E-state index in [2.05, 4.69) is 119 Å². The van der Waals surface area contributed by atoms with Crippen molar-refractivity contribution in [1.29, 1.82) is 0 Å². The molecule has 4 aromatic rings. The molecule has 0 radical (unpaired) electrons. The third-order valence-electron chi connectivity index (χ3n) is 17.8. The Morgan fingerprint density at radius 1 is 0.682 bits per heavy atom. The van der Waals surface area contributed by atoms with Crippen molar-refractivity contribution in [3.05, 3.63) is 98.8 Å². The third kappa shape index (κ3) is 13.1. The Morgan fingerprint density at radius 3 is 2.07 bits per heavy atom. The third-order valence-corrected chi connectivity index (χ3v) is 17.8. The van der Waals surface area contributed by atoms with Gasteiger partial charge >= 0.3 is 0 Å². The summed E-state index contributed by atoms with van der Waals surface area (Å²) in [4.78, 5) is 11.4. The second-order valence-electron chi connectivity index (χ2n) is 24.7. The van der Waals surface area contributed by atoms with Gasteiger partial charge in [-0.15, -0.1) is 0 Å². The zero-order valence-electron chi connectivity index (χ0n) is 50.0. The highest BCUT2D eigenvalue weighted by atomic mass is 19.1. The van der Waals surface area contributed by atoms with E-state index < -0.39 is 24.0 Å². The van der Waals surface area contributed by atoms with Gasteiger partial charge in [0.25, 0.3) is 0 Å². The summed E-state index contributed by atoms with van der Waals surface area (Å²) in [7, 11) is 3.95. The average Bonchev–Trinajstić information content (AvgIpc) is 2.22. The Labute approximate surface area is 496 Å². The molecule has 0 saturated carbocycles. The summed E-state index contributed by atoms with van der Waals surface area (Å²) in [5, 5.41) is 41.6. The molecule has 1 aromatic heterocycles. The second-order valence-corrected chi connectivity index (χ2v) is 24.7. The van der Waals surface area contributed by atoms with E-state index in [1.165, 1.54) is 0 Å². The van der Waals surface area contributed by atoms with Crippen LogP contribution in [-0.4, -0.2) is 136 Å². The number of allylic oxidation sites excluding steroid dienone is 3. The number of hydrogen-bond donors (Lipinski definition) is 12. The van der Waals surface area contributed by atoms with Crippen LogP contribution < -0.4 is 78.0 Å². The van der Waals surface area contributed by atoms with Crippen LogP contribution in [-0.2, 0) is 19.3 Å². The lowest BCUT2D eigenvalue weighted by molar-refractivity contribution is 0.189. The summed E-state index contributed by atoms with van der Waals surface area (Å²) in [5.41, 5.74) is 7.16. The number of benzene rings is 3. The summed E-state index contributed by atoms with van der Waals surface area (Å²) >= 11 is 0. The van der Waals surface area contributed by atoms with E-state index in [0.717, 1.165) is 79.5 Å². The Bertz CT molecular complexity index is 3240. The Balaban J connectivity index is 0.735. The molecule has 0 amide bonds. The van der Waals surface area contributed by atoms with Crippen molar-refractivity contribution in [2.75, 3.05) is 81.2 Å². The van der Waals surface area contributed by atoms with Gasteiger partial charge in [0.2, 0.25) is 5.95 Å². The van der Waals surface area contributed by atoms with E-state index in [9.17, 15) is 0 Å². The van der Waals surface area contributed by atoms with E-state index in [-0.39, 0.29) is 78.5 Å². The number of anilines is 5. The van der Waals surface area contributed by atoms with Gasteiger partial charge in [-0.05, 0) is 142 Å². The van der Waals surface area contributed by atoms with Gasteiger partial charge in [0.05, 0.1) is 53.5 Å². The number of likely N-dealkylation sites (N-methyl/N-ethyl adjacent to an activating group) is 1. The van der Waals surface area contributed by atoms with E-state index >= 15 is 17.6 Å². The molecule has 22 heteroatoms. The van der Waals surface area contributed by atoms with Crippen molar-refractivity contribution in [3.8, 4) is 17.2 Å². The van der Waals surface area contributed by atoms with Gasteiger partial charge in [-0.3, -0.25) is 26.6 Å².